The first kappa shape index (κ1) is 19.7. The zero-order valence-electron chi connectivity index (χ0n) is 13.2. The number of carbonyl (C=O) groups excluding carboxylic acids is 2. The molecule has 2 atom stereocenters. The zero-order chi connectivity index (χ0) is 17.1. The van der Waals surface area contributed by atoms with E-state index in [0.717, 1.165) is 0 Å². The molecule has 0 aliphatic carbocycles. The number of nitrogens with one attached hydrogen (secondary N) is 1. The molecule has 0 aromatic heterocycles. The van der Waals surface area contributed by atoms with Gasteiger partial charge in [-0.1, -0.05) is 24.7 Å². The van der Waals surface area contributed by atoms with Gasteiger partial charge in [0.15, 0.2) is 0 Å². The van der Waals surface area contributed by atoms with E-state index < -0.39 is 23.8 Å². The van der Waals surface area contributed by atoms with Gasteiger partial charge in [-0.25, -0.2) is 9.18 Å². The Labute approximate surface area is 131 Å². The Balaban J connectivity index is 5.01. The van der Waals surface area contributed by atoms with E-state index in [0.29, 0.717) is 5.57 Å². The van der Waals surface area contributed by atoms with E-state index in [1.54, 1.807) is 13.8 Å². The van der Waals surface area contributed by atoms with Gasteiger partial charge in [0.1, 0.15) is 11.9 Å². The molecule has 0 spiro atoms. The molecule has 0 radical (unpaired) electrons. The van der Waals surface area contributed by atoms with E-state index in [4.69, 9.17) is 11.2 Å². The number of esters is 1. The molecule has 5 heteroatoms. The third kappa shape index (κ3) is 7.44. The number of carbonyl (C=O) groups is 2. The lowest BCUT2D eigenvalue weighted by atomic mass is 9.93. The molecular formula is C17H22FNO3. The van der Waals surface area contributed by atoms with Crippen LogP contribution in [0.5, 0.6) is 0 Å². The average Bonchev–Trinajstić information content (AvgIpc) is 2.48. The molecule has 0 aromatic rings. The highest BCUT2D eigenvalue weighted by Gasteiger charge is 2.25. The number of halogens is 1. The van der Waals surface area contributed by atoms with Crippen molar-refractivity contribution in [1.29, 1.82) is 0 Å². The Morgan fingerprint density at radius 3 is 2.55 bits per heavy atom. The quantitative estimate of drug-likeness (QED) is 0.426. The Morgan fingerprint density at radius 1 is 1.45 bits per heavy atom. The van der Waals surface area contributed by atoms with Crippen LogP contribution in [0.1, 0.15) is 27.2 Å². The van der Waals surface area contributed by atoms with Gasteiger partial charge in [-0.2, -0.15) is 0 Å². The van der Waals surface area contributed by atoms with E-state index >= 15 is 0 Å². The summed E-state index contributed by atoms with van der Waals surface area (Å²) < 4.78 is 18.0. The van der Waals surface area contributed by atoms with Crippen LogP contribution in [0.3, 0.4) is 0 Å². The molecule has 22 heavy (non-hydrogen) atoms. The Kier molecular flexibility index (Phi) is 9.28. The lowest BCUT2D eigenvalue weighted by Crippen LogP contribution is -2.42. The molecule has 0 unspecified atom stereocenters. The summed E-state index contributed by atoms with van der Waals surface area (Å²) in [5.74, 6) is 0.624. The summed E-state index contributed by atoms with van der Waals surface area (Å²) in [4.78, 5) is 23.0. The van der Waals surface area contributed by atoms with Crippen molar-refractivity contribution in [2.75, 3.05) is 6.61 Å². The van der Waals surface area contributed by atoms with Gasteiger partial charge in [-0.15, -0.1) is 6.42 Å². The van der Waals surface area contributed by atoms with Gasteiger partial charge in [0.05, 0.1) is 6.61 Å². The topological polar surface area (TPSA) is 55.4 Å². The number of hydrogen-bond acceptors (Lipinski definition) is 3. The van der Waals surface area contributed by atoms with E-state index in [9.17, 15) is 14.0 Å². The molecule has 0 aliphatic rings. The number of hydrogen-bond donors (Lipinski definition) is 1. The minimum atomic E-state index is -0.866. The highest BCUT2D eigenvalue weighted by atomic mass is 19.1. The summed E-state index contributed by atoms with van der Waals surface area (Å²) in [6.07, 6.45) is 9.58. The van der Waals surface area contributed by atoms with Crippen molar-refractivity contribution in [3.05, 3.63) is 36.2 Å². The van der Waals surface area contributed by atoms with Crippen LogP contribution in [0.4, 0.5) is 4.39 Å². The third-order valence-corrected chi connectivity index (χ3v) is 2.80. The van der Waals surface area contributed by atoms with Crippen molar-refractivity contribution < 1.29 is 18.7 Å². The highest BCUT2D eigenvalue weighted by Crippen LogP contribution is 2.18. The molecule has 0 saturated carbocycles. The van der Waals surface area contributed by atoms with Crippen LogP contribution < -0.4 is 5.32 Å². The van der Waals surface area contributed by atoms with Crippen molar-refractivity contribution in [1.82, 2.24) is 5.32 Å². The molecule has 0 aromatic carbocycles. The van der Waals surface area contributed by atoms with Crippen LogP contribution in [0.2, 0.25) is 0 Å². The minimum absolute atomic E-state index is 0.134. The Bertz CT molecular complexity index is 514. The van der Waals surface area contributed by atoms with Gasteiger partial charge in [0, 0.05) is 12.8 Å². The standard InChI is InChI=1S/C17H22FNO3/c1-6-14(12(4)9-10-15(18)7-2)11-16(19-13(5)20)17(21)22-8-3/h1,7,9-10,14,16H,4,8,11H2,2-3,5H3,(H,19,20)/b10-9-,15-7+/t14-,16-/m0/s1. The molecule has 0 bridgehead atoms. The molecule has 1 N–H and O–H groups in total. The lowest BCUT2D eigenvalue weighted by Gasteiger charge is -2.20. The summed E-state index contributed by atoms with van der Waals surface area (Å²) >= 11 is 0. The second kappa shape index (κ2) is 10.4. The molecule has 4 nitrogen and oxygen atoms in total. The lowest BCUT2D eigenvalue weighted by molar-refractivity contribution is -0.147. The maximum Gasteiger partial charge on any atom is 0.328 e. The number of allylic oxidation sites excluding steroid dienone is 5. The second-order valence-electron chi connectivity index (χ2n) is 4.54. The normalized spacial score (nSPS) is 14.0. The van der Waals surface area contributed by atoms with Gasteiger partial charge in [0.2, 0.25) is 5.91 Å². The number of ether oxygens (including phenoxy) is 1. The van der Waals surface area contributed by atoms with Crippen LogP contribution in [-0.2, 0) is 14.3 Å². The van der Waals surface area contributed by atoms with E-state index in [-0.39, 0.29) is 18.9 Å². The molecule has 0 aliphatic heterocycles. The summed E-state index contributed by atoms with van der Waals surface area (Å²) in [7, 11) is 0. The maximum absolute atomic E-state index is 13.1. The first-order valence-corrected chi connectivity index (χ1v) is 6.94. The van der Waals surface area contributed by atoms with E-state index in [1.807, 2.05) is 0 Å². The van der Waals surface area contributed by atoms with Crippen molar-refractivity contribution in [2.24, 2.45) is 5.92 Å². The average molecular weight is 307 g/mol. The fourth-order valence-corrected chi connectivity index (χ4v) is 1.66. The summed E-state index contributed by atoms with van der Waals surface area (Å²) in [5, 5.41) is 2.50. The van der Waals surface area contributed by atoms with Gasteiger partial charge in [-0.3, -0.25) is 4.79 Å². The first-order chi connectivity index (χ1) is 10.3. The summed E-state index contributed by atoms with van der Waals surface area (Å²) in [5.41, 5.74) is 0.471. The highest BCUT2D eigenvalue weighted by molar-refractivity contribution is 5.83. The largest absolute Gasteiger partial charge is 0.464 e. The van der Waals surface area contributed by atoms with Crippen molar-refractivity contribution >= 4 is 11.9 Å². The van der Waals surface area contributed by atoms with Gasteiger partial charge in [0.25, 0.3) is 0 Å². The molecule has 1 amide bonds. The number of terminal acetylenes is 1. The fourth-order valence-electron chi connectivity index (χ4n) is 1.66. The predicted octanol–water partition coefficient (Wildman–Crippen LogP) is 2.68. The SMILES string of the molecule is C#C[C@@H](C[C@H](NC(C)=O)C(=O)OCC)C(=C)/C=C\C(F)=C/C. The fraction of sp³-hybridized carbons (Fsp3) is 0.412. The molecule has 0 heterocycles. The zero-order valence-corrected chi connectivity index (χ0v) is 13.2. The van der Waals surface area contributed by atoms with Crippen LogP contribution in [0.15, 0.2) is 36.2 Å². The van der Waals surface area contributed by atoms with Crippen LogP contribution in [0, 0.1) is 18.3 Å². The predicted molar refractivity (Wildman–Crippen MR) is 84.3 cm³/mol. The smallest absolute Gasteiger partial charge is 0.328 e. The molecular weight excluding hydrogens is 285 g/mol. The molecule has 120 valence electrons. The van der Waals surface area contributed by atoms with Crippen molar-refractivity contribution in [3.8, 4) is 12.3 Å². The minimum Gasteiger partial charge on any atom is -0.464 e. The molecule has 0 fully saturated rings. The van der Waals surface area contributed by atoms with Gasteiger partial charge >= 0.3 is 5.97 Å². The van der Waals surface area contributed by atoms with Crippen LogP contribution in [0.25, 0.3) is 0 Å². The Morgan fingerprint density at radius 2 is 2.09 bits per heavy atom. The van der Waals surface area contributed by atoms with Crippen LogP contribution >= 0.6 is 0 Å². The molecule has 0 saturated heterocycles. The number of amides is 1. The summed E-state index contributed by atoms with van der Waals surface area (Å²) in [6, 6.07) is -0.866. The number of rotatable bonds is 8. The Hall–Kier alpha value is -2.35. The summed E-state index contributed by atoms with van der Waals surface area (Å²) in [6.45, 7) is 8.51. The molecule has 0 rings (SSSR count). The van der Waals surface area contributed by atoms with E-state index in [1.165, 1.54) is 25.2 Å². The third-order valence-electron chi connectivity index (χ3n) is 2.80. The second-order valence-corrected chi connectivity index (χ2v) is 4.54. The van der Waals surface area contributed by atoms with Gasteiger partial charge < -0.3 is 10.1 Å². The van der Waals surface area contributed by atoms with Crippen molar-refractivity contribution in [2.45, 2.75) is 33.2 Å². The van der Waals surface area contributed by atoms with Crippen LogP contribution in [-0.4, -0.2) is 24.5 Å². The maximum atomic E-state index is 13.1. The van der Waals surface area contributed by atoms with Gasteiger partial charge in [-0.05, 0) is 31.9 Å². The monoisotopic (exact) mass is 307 g/mol. The first-order valence-electron chi connectivity index (χ1n) is 6.94. The van der Waals surface area contributed by atoms with Crippen molar-refractivity contribution in [3.63, 3.8) is 0 Å². The van der Waals surface area contributed by atoms with E-state index in [2.05, 4.69) is 17.8 Å².